The number of aromatic nitrogens is 2. The van der Waals surface area contributed by atoms with Crippen LogP contribution in [0.2, 0.25) is 5.15 Å². The number of benzene rings is 2. The van der Waals surface area contributed by atoms with Gasteiger partial charge in [0.1, 0.15) is 11.6 Å². The number of nitrogens with zero attached hydrogens (tertiary/aromatic N) is 2. The van der Waals surface area contributed by atoms with Gasteiger partial charge in [-0.1, -0.05) is 35.9 Å². The van der Waals surface area contributed by atoms with Crippen molar-refractivity contribution in [1.82, 2.24) is 10.2 Å². The first-order chi connectivity index (χ1) is 9.65. The maximum Gasteiger partial charge on any atom is 0.246 e. The summed E-state index contributed by atoms with van der Waals surface area (Å²) in [7, 11) is 0. The van der Waals surface area contributed by atoms with Crippen LogP contribution in [0.25, 0.3) is 10.8 Å². The summed E-state index contributed by atoms with van der Waals surface area (Å²) in [6, 6.07) is 12.0. The van der Waals surface area contributed by atoms with Crippen LogP contribution < -0.4 is 4.74 Å². The van der Waals surface area contributed by atoms with Crippen LogP contribution in [0.3, 0.4) is 0 Å². The van der Waals surface area contributed by atoms with Crippen molar-refractivity contribution in [3.05, 3.63) is 59.0 Å². The monoisotopic (exact) mass is 288 g/mol. The van der Waals surface area contributed by atoms with Crippen LogP contribution in [0, 0.1) is 12.7 Å². The van der Waals surface area contributed by atoms with E-state index in [2.05, 4.69) is 10.2 Å². The molecule has 0 N–H and O–H groups in total. The van der Waals surface area contributed by atoms with E-state index in [1.165, 1.54) is 6.07 Å². The molecule has 0 unspecified atom stereocenters. The van der Waals surface area contributed by atoms with Gasteiger partial charge in [-0.3, -0.25) is 0 Å². The van der Waals surface area contributed by atoms with Crippen LogP contribution in [0.15, 0.2) is 42.5 Å². The van der Waals surface area contributed by atoms with Gasteiger partial charge in [-0.2, -0.15) is 0 Å². The molecule has 2 aromatic carbocycles. The zero-order valence-electron chi connectivity index (χ0n) is 10.6. The predicted octanol–water partition coefficient (Wildman–Crippen LogP) is 4.52. The van der Waals surface area contributed by atoms with Crippen LogP contribution in [0.1, 0.15) is 5.56 Å². The highest BCUT2D eigenvalue weighted by Crippen LogP contribution is 2.30. The van der Waals surface area contributed by atoms with Gasteiger partial charge in [0.05, 0.1) is 0 Å². The van der Waals surface area contributed by atoms with Gasteiger partial charge >= 0.3 is 0 Å². The van der Waals surface area contributed by atoms with Crippen LogP contribution in [-0.2, 0) is 0 Å². The first-order valence-corrected chi connectivity index (χ1v) is 6.38. The molecule has 1 aromatic heterocycles. The second-order valence-electron chi connectivity index (χ2n) is 4.35. The second kappa shape index (κ2) is 5.06. The third-order valence-electron chi connectivity index (χ3n) is 2.97. The minimum atomic E-state index is -0.325. The van der Waals surface area contributed by atoms with Gasteiger partial charge in [-0.15, -0.1) is 10.2 Å². The SMILES string of the molecule is Cc1ccc(Oc2nnc(Cl)c3ccccc23)cc1F. The highest BCUT2D eigenvalue weighted by atomic mass is 35.5. The molecule has 3 nitrogen and oxygen atoms in total. The van der Waals surface area contributed by atoms with Crippen molar-refractivity contribution >= 4 is 22.4 Å². The average Bonchev–Trinajstić information content (AvgIpc) is 2.46. The molecule has 3 rings (SSSR count). The Kier molecular flexibility index (Phi) is 3.24. The number of fused-ring (bicyclic) bond motifs is 1. The third-order valence-corrected chi connectivity index (χ3v) is 3.25. The van der Waals surface area contributed by atoms with Crippen LogP contribution in [-0.4, -0.2) is 10.2 Å². The fraction of sp³-hybridized carbons (Fsp3) is 0.0667. The zero-order valence-corrected chi connectivity index (χ0v) is 11.4. The van der Waals surface area contributed by atoms with E-state index in [4.69, 9.17) is 16.3 Å². The molecule has 0 fully saturated rings. The van der Waals surface area contributed by atoms with Crippen LogP contribution >= 0.6 is 11.6 Å². The molecular formula is C15H10ClFN2O. The van der Waals surface area contributed by atoms with Crippen molar-refractivity contribution in [2.45, 2.75) is 6.92 Å². The van der Waals surface area contributed by atoms with Gasteiger partial charge in [0.2, 0.25) is 5.88 Å². The molecule has 0 aliphatic heterocycles. The van der Waals surface area contributed by atoms with Gasteiger partial charge in [0.25, 0.3) is 0 Å². The lowest BCUT2D eigenvalue weighted by molar-refractivity contribution is 0.456. The number of aryl methyl sites for hydroxylation is 1. The van der Waals surface area contributed by atoms with Crippen molar-refractivity contribution in [2.24, 2.45) is 0 Å². The molecule has 0 aliphatic rings. The van der Waals surface area contributed by atoms with Crippen LogP contribution in [0.5, 0.6) is 11.6 Å². The van der Waals surface area contributed by atoms with Gasteiger partial charge in [-0.05, 0) is 24.6 Å². The average molecular weight is 289 g/mol. The summed E-state index contributed by atoms with van der Waals surface area (Å²) in [6.07, 6.45) is 0. The molecule has 0 atom stereocenters. The van der Waals surface area contributed by atoms with Crippen molar-refractivity contribution < 1.29 is 9.13 Å². The van der Waals surface area contributed by atoms with Gasteiger partial charge in [0.15, 0.2) is 5.15 Å². The minimum absolute atomic E-state index is 0.299. The van der Waals surface area contributed by atoms with E-state index < -0.39 is 0 Å². The highest BCUT2D eigenvalue weighted by molar-refractivity contribution is 6.34. The Hall–Kier alpha value is -2.20. The fourth-order valence-corrected chi connectivity index (χ4v) is 2.07. The molecule has 100 valence electrons. The normalized spacial score (nSPS) is 10.8. The Morgan fingerprint density at radius 2 is 1.80 bits per heavy atom. The topological polar surface area (TPSA) is 35.0 Å². The van der Waals surface area contributed by atoms with Crippen molar-refractivity contribution in [1.29, 1.82) is 0 Å². The van der Waals surface area contributed by atoms with E-state index >= 15 is 0 Å². The number of halogens is 2. The molecule has 0 saturated carbocycles. The molecule has 0 radical (unpaired) electrons. The third kappa shape index (κ3) is 2.30. The summed E-state index contributed by atoms with van der Waals surface area (Å²) in [5.74, 6) is 0.344. The second-order valence-corrected chi connectivity index (χ2v) is 4.71. The largest absolute Gasteiger partial charge is 0.437 e. The van der Waals surface area contributed by atoms with E-state index in [0.29, 0.717) is 22.3 Å². The number of hydrogen-bond donors (Lipinski definition) is 0. The Morgan fingerprint density at radius 1 is 1.05 bits per heavy atom. The molecule has 20 heavy (non-hydrogen) atoms. The standard InChI is InChI=1S/C15H10ClFN2O/c1-9-6-7-10(8-13(9)17)20-15-12-5-3-2-4-11(12)14(16)18-19-15/h2-8H,1H3. The predicted molar refractivity (Wildman–Crippen MR) is 75.8 cm³/mol. The first-order valence-electron chi connectivity index (χ1n) is 6.00. The Balaban J connectivity index is 2.06. The smallest absolute Gasteiger partial charge is 0.246 e. The number of ether oxygens (including phenoxy) is 1. The molecule has 0 aliphatic carbocycles. The minimum Gasteiger partial charge on any atom is -0.437 e. The lowest BCUT2D eigenvalue weighted by Gasteiger charge is -2.08. The number of hydrogen-bond acceptors (Lipinski definition) is 3. The molecule has 3 aromatic rings. The maximum atomic E-state index is 13.5. The van der Waals surface area contributed by atoms with Crippen molar-refractivity contribution in [3.63, 3.8) is 0 Å². The Bertz CT molecular complexity index is 792. The summed E-state index contributed by atoms with van der Waals surface area (Å²) in [4.78, 5) is 0. The molecule has 0 saturated heterocycles. The zero-order chi connectivity index (χ0) is 14.1. The highest BCUT2D eigenvalue weighted by Gasteiger charge is 2.10. The summed E-state index contributed by atoms with van der Waals surface area (Å²) in [5.41, 5.74) is 0.560. The van der Waals surface area contributed by atoms with E-state index in [1.807, 2.05) is 24.3 Å². The van der Waals surface area contributed by atoms with E-state index in [-0.39, 0.29) is 5.82 Å². The lowest BCUT2D eigenvalue weighted by atomic mass is 10.2. The molecule has 5 heteroatoms. The molecular weight excluding hydrogens is 279 g/mol. The maximum absolute atomic E-state index is 13.5. The summed E-state index contributed by atoms with van der Waals surface area (Å²) >= 11 is 5.99. The van der Waals surface area contributed by atoms with Crippen molar-refractivity contribution in [3.8, 4) is 11.6 Å². The molecule has 0 bridgehead atoms. The quantitative estimate of drug-likeness (QED) is 0.695. The van der Waals surface area contributed by atoms with Gasteiger partial charge in [0, 0.05) is 16.8 Å². The van der Waals surface area contributed by atoms with Crippen molar-refractivity contribution in [2.75, 3.05) is 0 Å². The van der Waals surface area contributed by atoms with E-state index in [1.54, 1.807) is 19.1 Å². The summed E-state index contributed by atoms with van der Waals surface area (Å²) in [6.45, 7) is 1.69. The van der Waals surface area contributed by atoms with Gasteiger partial charge in [-0.25, -0.2) is 4.39 Å². The molecule has 1 heterocycles. The van der Waals surface area contributed by atoms with E-state index in [0.717, 1.165) is 10.8 Å². The Labute approximate surface area is 120 Å². The van der Waals surface area contributed by atoms with E-state index in [9.17, 15) is 4.39 Å². The number of rotatable bonds is 2. The summed E-state index contributed by atoms with van der Waals surface area (Å²) in [5, 5.41) is 9.55. The summed E-state index contributed by atoms with van der Waals surface area (Å²) < 4.78 is 19.1. The fourth-order valence-electron chi connectivity index (χ4n) is 1.87. The Morgan fingerprint density at radius 3 is 2.55 bits per heavy atom. The lowest BCUT2D eigenvalue weighted by Crippen LogP contribution is -1.94. The van der Waals surface area contributed by atoms with Crippen LogP contribution in [0.4, 0.5) is 4.39 Å². The van der Waals surface area contributed by atoms with Gasteiger partial charge < -0.3 is 4.74 Å². The molecule has 0 amide bonds. The first kappa shape index (κ1) is 12.8. The molecule has 0 spiro atoms.